The molecule has 3 aromatic rings. The predicted octanol–water partition coefficient (Wildman–Crippen LogP) is 3.98. The smallest absolute Gasteiger partial charge is 0.257 e. The summed E-state index contributed by atoms with van der Waals surface area (Å²) in [6.07, 6.45) is 3.54. The third kappa shape index (κ3) is 3.57. The fourth-order valence-corrected chi connectivity index (χ4v) is 2.46. The van der Waals surface area contributed by atoms with Gasteiger partial charge in [-0.3, -0.25) is 9.48 Å². The molecule has 0 saturated carbocycles. The first kappa shape index (κ1) is 15.2. The van der Waals surface area contributed by atoms with Gasteiger partial charge < -0.3 is 5.32 Å². The highest BCUT2D eigenvalue weighted by Gasteiger charge is 2.13. The first-order valence-electron chi connectivity index (χ1n) is 6.95. The predicted molar refractivity (Wildman–Crippen MR) is 87.1 cm³/mol. The maximum atomic E-state index is 13.1. The quantitative estimate of drug-likeness (QED) is 0.787. The fraction of sp³-hybridized carbons (Fsp3) is 0.0588. The zero-order valence-corrected chi connectivity index (χ0v) is 12.8. The molecule has 1 aromatic heterocycles. The van der Waals surface area contributed by atoms with Crippen molar-refractivity contribution < 1.29 is 9.18 Å². The molecule has 1 amide bonds. The molecule has 116 valence electrons. The number of nitrogens with one attached hydrogen (secondary N) is 1. The highest BCUT2D eigenvalue weighted by atomic mass is 35.5. The van der Waals surface area contributed by atoms with E-state index in [9.17, 15) is 9.18 Å². The van der Waals surface area contributed by atoms with Gasteiger partial charge in [-0.2, -0.15) is 5.10 Å². The summed E-state index contributed by atoms with van der Waals surface area (Å²) in [4.78, 5) is 12.4. The minimum Gasteiger partial charge on any atom is -0.322 e. The van der Waals surface area contributed by atoms with E-state index in [1.165, 1.54) is 12.1 Å². The van der Waals surface area contributed by atoms with E-state index in [1.807, 2.05) is 30.5 Å². The van der Waals surface area contributed by atoms with Gasteiger partial charge in [-0.15, -0.1) is 0 Å². The summed E-state index contributed by atoms with van der Waals surface area (Å²) in [5.74, 6) is -0.867. The van der Waals surface area contributed by atoms with Crippen molar-refractivity contribution in [2.75, 3.05) is 5.32 Å². The number of hydrogen-bond acceptors (Lipinski definition) is 2. The zero-order chi connectivity index (χ0) is 16.2. The van der Waals surface area contributed by atoms with Gasteiger partial charge in [0.2, 0.25) is 0 Å². The Hall–Kier alpha value is -2.66. The molecular formula is C17H13ClFN3O. The molecule has 3 rings (SSSR count). The molecule has 0 atom stereocenters. The molecule has 0 bridgehead atoms. The topological polar surface area (TPSA) is 46.9 Å². The summed E-state index contributed by atoms with van der Waals surface area (Å²) in [6, 6.07) is 12.9. The Kier molecular flexibility index (Phi) is 4.39. The second-order valence-electron chi connectivity index (χ2n) is 4.94. The molecular weight excluding hydrogens is 317 g/mol. The van der Waals surface area contributed by atoms with E-state index >= 15 is 0 Å². The van der Waals surface area contributed by atoms with Crippen LogP contribution in [0.15, 0.2) is 60.9 Å². The lowest BCUT2D eigenvalue weighted by molar-refractivity contribution is 0.102. The van der Waals surface area contributed by atoms with Gasteiger partial charge in [-0.05, 0) is 35.9 Å². The van der Waals surface area contributed by atoms with Gasteiger partial charge in [-0.25, -0.2) is 4.39 Å². The molecule has 2 aromatic carbocycles. The summed E-state index contributed by atoms with van der Waals surface area (Å²) in [5, 5.41) is 7.04. The van der Waals surface area contributed by atoms with Crippen LogP contribution in [0.25, 0.3) is 0 Å². The fourth-order valence-electron chi connectivity index (χ4n) is 2.21. The van der Waals surface area contributed by atoms with Crippen LogP contribution < -0.4 is 5.32 Å². The van der Waals surface area contributed by atoms with Crippen LogP contribution in [0.2, 0.25) is 5.02 Å². The lowest BCUT2D eigenvalue weighted by Crippen LogP contribution is -2.15. The molecule has 1 heterocycles. The highest BCUT2D eigenvalue weighted by Crippen LogP contribution is 2.21. The molecule has 0 fully saturated rings. The van der Waals surface area contributed by atoms with Crippen LogP contribution in [-0.4, -0.2) is 15.7 Å². The summed E-state index contributed by atoms with van der Waals surface area (Å²) >= 11 is 5.93. The van der Waals surface area contributed by atoms with Gasteiger partial charge in [-0.1, -0.05) is 29.8 Å². The first-order valence-corrected chi connectivity index (χ1v) is 7.33. The third-order valence-corrected chi connectivity index (χ3v) is 3.65. The molecule has 0 spiro atoms. The molecule has 0 unspecified atom stereocenters. The van der Waals surface area contributed by atoms with Gasteiger partial charge in [0.05, 0.1) is 17.1 Å². The molecule has 6 heteroatoms. The summed E-state index contributed by atoms with van der Waals surface area (Å²) in [5.41, 5.74) is 1.79. The Morgan fingerprint density at radius 2 is 2.04 bits per heavy atom. The normalized spacial score (nSPS) is 10.5. The van der Waals surface area contributed by atoms with Crippen LogP contribution in [0.5, 0.6) is 0 Å². The summed E-state index contributed by atoms with van der Waals surface area (Å²) in [7, 11) is 0. The maximum Gasteiger partial charge on any atom is 0.257 e. The monoisotopic (exact) mass is 329 g/mol. The zero-order valence-electron chi connectivity index (χ0n) is 12.0. The van der Waals surface area contributed by atoms with Crippen LogP contribution in [0.3, 0.4) is 0 Å². The van der Waals surface area contributed by atoms with Crippen LogP contribution in [0.1, 0.15) is 15.9 Å². The minimum absolute atomic E-state index is 0.0760. The van der Waals surface area contributed by atoms with Crippen LogP contribution in [-0.2, 0) is 6.54 Å². The van der Waals surface area contributed by atoms with E-state index in [4.69, 9.17) is 11.6 Å². The number of nitrogens with zero attached hydrogens (tertiary/aromatic N) is 2. The molecule has 1 N–H and O–H groups in total. The van der Waals surface area contributed by atoms with Crippen LogP contribution in [0, 0.1) is 5.82 Å². The van der Waals surface area contributed by atoms with Gasteiger partial charge in [0.25, 0.3) is 5.91 Å². The molecule has 0 aliphatic carbocycles. The van der Waals surface area contributed by atoms with E-state index in [1.54, 1.807) is 16.9 Å². The molecule has 0 aliphatic rings. The first-order chi connectivity index (χ1) is 11.1. The van der Waals surface area contributed by atoms with Crippen molar-refractivity contribution in [3.05, 3.63) is 82.9 Å². The van der Waals surface area contributed by atoms with E-state index in [0.717, 1.165) is 11.6 Å². The van der Waals surface area contributed by atoms with Crippen molar-refractivity contribution in [1.82, 2.24) is 9.78 Å². The summed E-state index contributed by atoms with van der Waals surface area (Å²) in [6.45, 7) is 0.528. The summed E-state index contributed by atoms with van der Waals surface area (Å²) < 4.78 is 14.8. The number of amides is 1. The Labute approximate surface area is 137 Å². The number of para-hydroxylation sites is 1. The maximum absolute atomic E-state index is 13.1. The Balaban J connectivity index is 1.83. The van der Waals surface area contributed by atoms with Crippen LogP contribution >= 0.6 is 11.6 Å². The molecule has 0 saturated heterocycles. The number of anilines is 1. The Morgan fingerprint density at radius 1 is 1.22 bits per heavy atom. The minimum atomic E-state index is -0.481. The molecule has 0 aliphatic heterocycles. The number of benzene rings is 2. The van der Waals surface area contributed by atoms with E-state index < -0.39 is 5.82 Å². The Morgan fingerprint density at radius 3 is 2.78 bits per heavy atom. The lowest BCUT2D eigenvalue weighted by atomic mass is 10.1. The molecule has 4 nitrogen and oxygen atoms in total. The van der Waals surface area contributed by atoms with Gasteiger partial charge in [0.1, 0.15) is 5.82 Å². The molecule has 23 heavy (non-hydrogen) atoms. The Bertz CT molecular complexity index is 834. The second-order valence-corrected chi connectivity index (χ2v) is 5.35. The van der Waals surface area contributed by atoms with E-state index in [0.29, 0.717) is 12.2 Å². The van der Waals surface area contributed by atoms with Crippen molar-refractivity contribution in [1.29, 1.82) is 0 Å². The number of aromatic nitrogens is 2. The van der Waals surface area contributed by atoms with Crippen molar-refractivity contribution in [2.24, 2.45) is 0 Å². The van der Waals surface area contributed by atoms with Crippen LogP contribution in [0.4, 0.5) is 10.1 Å². The number of carbonyl (C=O) groups excluding carboxylic acids is 1. The number of hydrogen-bond donors (Lipinski definition) is 1. The van der Waals surface area contributed by atoms with Gasteiger partial charge in [0.15, 0.2) is 0 Å². The second kappa shape index (κ2) is 6.62. The number of rotatable bonds is 4. The van der Waals surface area contributed by atoms with Crippen molar-refractivity contribution in [2.45, 2.75) is 6.54 Å². The largest absolute Gasteiger partial charge is 0.322 e. The number of carbonyl (C=O) groups is 1. The molecule has 0 radical (unpaired) electrons. The standard InChI is InChI=1S/C17H13ClFN3O/c18-15-10-13(19)6-7-14(15)17(23)21-16-5-2-1-4-12(16)11-22-9-3-8-20-22/h1-10H,11H2,(H,21,23). The highest BCUT2D eigenvalue weighted by molar-refractivity contribution is 6.34. The van der Waals surface area contributed by atoms with Crippen molar-refractivity contribution in [3.8, 4) is 0 Å². The van der Waals surface area contributed by atoms with Crippen molar-refractivity contribution >= 4 is 23.2 Å². The number of halogens is 2. The van der Waals surface area contributed by atoms with Gasteiger partial charge in [0, 0.05) is 18.1 Å². The average Bonchev–Trinajstić information content (AvgIpc) is 3.02. The third-order valence-electron chi connectivity index (χ3n) is 3.33. The average molecular weight is 330 g/mol. The lowest BCUT2D eigenvalue weighted by Gasteiger charge is -2.12. The van der Waals surface area contributed by atoms with E-state index in [-0.39, 0.29) is 16.5 Å². The van der Waals surface area contributed by atoms with E-state index in [2.05, 4.69) is 10.4 Å². The SMILES string of the molecule is O=C(Nc1ccccc1Cn1cccn1)c1ccc(F)cc1Cl. The van der Waals surface area contributed by atoms with Gasteiger partial charge >= 0.3 is 0 Å². The van der Waals surface area contributed by atoms with Crippen molar-refractivity contribution in [3.63, 3.8) is 0 Å².